The van der Waals surface area contributed by atoms with Gasteiger partial charge in [0.15, 0.2) is 0 Å². The van der Waals surface area contributed by atoms with Gasteiger partial charge in [-0.05, 0) is 62.5 Å². The molecule has 2 atom stereocenters. The Kier molecular flexibility index (Phi) is 5.87. The summed E-state index contributed by atoms with van der Waals surface area (Å²) in [6.07, 6.45) is 7.67. The SMILES string of the molecule is Cl.NC1CC2CCCC(C1)C2NC(=O)c1nc(C2CC2)n(-c2ccccc2Cl)n1. The molecule has 6 nitrogen and oxygen atoms in total. The molecule has 1 aromatic carbocycles. The molecule has 156 valence electrons. The Morgan fingerprint density at radius 3 is 2.48 bits per heavy atom. The minimum Gasteiger partial charge on any atom is -0.346 e. The summed E-state index contributed by atoms with van der Waals surface area (Å²) < 4.78 is 1.76. The van der Waals surface area contributed by atoms with E-state index in [-0.39, 0.29) is 36.2 Å². The Morgan fingerprint density at radius 2 is 1.83 bits per heavy atom. The maximum Gasteiger partial charge on any atom is 0.291 e. The molecule has 8 heteroatoms. The van der Waals surface area contributed by atoms with E-state index < -0.39 is 0 Å². The van der Waals surface area contributed by atoms with Crippen molar-refractivity contribution < 1.29 is 4.79 Å². The van der Waals surface area contributed by atoms with Crippen LogP contribution in [-0.2, 0) is 0 Å². The fourth-order valence-corrected chi connectivity index (χ4v) is 5.28. The van der Waals surface area contributed by atoms with Crippen molar-refractivity contribution in [2.45, 2.75) is 62.9 Å². The summed E-state index contributed by atoms with van der Waals surface area (Å²) in [6, 6.07) is 8.02. The predicted molar refractivity (Wildman–Crippen MR) is 115 cm³/mol. The molecule has 29 heavy (non-hydrogen) atoms. The number of nitrogens with one attached hydrogen (secondary N) is 1. The number of halogens is 2. The predicted octanol–water partition coefficient (Wildman–Crippen LogP) is 3.86. The number of para-hydroxylation sites is 1. The highest BCUT2D eigenvalue weighted by Crippen LogP contribution is 2.41. The summed E-state index contributed by atoms with van der Waals surface area (Å²) in [5, 5.41) is 8.43. The second-order valence-corrected chi connectivity index (χ2v) is 9.02. The second-order valence-electron chi connectivity index (χ2n) is 8.61. The fraction of sp³-hybridized carbons (Fsp3) is 0.571. The number of nitrogens with zero attached hydrogens (tertiary/aromatic N) is 3. The average Bonchev–Trinajstić information content (AvgIpc) is 3.41. The van der Waals surface area contributed by atoms with Crippen LogP contribution in [0.5, 0.6) is 0 Å². The first-order valence-corrected chi connectivity index (χ1v) is 10.8. The summed E-state index contributed by atoms with van der Waals surface area (Å²) in [6.45, 7) is 0. The van der Waals surface area contributed by atoms with Gasteiger partial charge in [0.05, 0.1) is 10.7 Å². The van der Waals surface area contributed by atoms with Gasteiger partial charge in [0.1, 0.15) is 5.82 Å². The zero-order valence-electron chi connectivity index (χ0n) is 16.3. The van der Waals surface area contributed by atoms with E-state index in [0.717, 1.165) is 50.0 Å². The standard InChI is InChI=1S/C21H26ClN5O.ClH/c22-16-6-1-2-7-17(16)27-20(12-8-9-12)25-19(26-27)21(28)24-18-13-4-3-5-14(18)11-15(23)10-13;/h1-2,6-7,12-15,18H,3-5,8-11,23H2,(H,24,28);1H. The second kappa shape index (κ2) is 8.25. The van der Waals surface area contributed by atoms with Crippen LogP contribution in [0, 0.1) is 11.8 Å². The largest absolute Gasteiger partial charge is 0.346 e. The lowest BCUT2D eigenvalue weighted by molar-refractivity contribution is 0.0747. The Bertz CT molecular complexity index is 883. The van der Waals surface area contributed by atoms with Gasteiger partial charge in [-0.2, -0.15) is 0 Å². The first kappa shape index (κ1) is 20.6. The Labute approximate surface area is 182 Å². The molecule has 0 radical (unpaired) electrons. The van der Waals surface area contributed by atoms with E-state index in [4.69, 9.17) is 17.3 Å². The van der Waals surface area contributed by atoms with E-state index in [1.165, 1.54) is 6.42 Å². The first-order chi connectivity index (χ1) is 13.6. The van der Waals surface area contributed by atoms with Crippen molar-refractivity contribution in [1.82, 2.24) is 20.1 Å². The molecule has 3 aliphatic rings. The number of carbonyl (C=O) groups is 1. The molecule has 3 aliphatic carbocycles. The molecule has 2 aromatic rings. The summed E-state index contributed by atoms with van der Waals surface area (Å²) in [5.41, 5.74) is 6.99. The van der Waals surface area contributed by atoms with Gasteiger partial charge in [-0.1, -0.05) is 30.2 Å². The molecular formula is C21H27Cl2N5O. The van der Waals surface area contributed by atoms with E-state index in [1.807, 2.05) is 24.3 Å². The highest BCUT2D eigenvalue weighted by molar-refractivity contribution is 6.32. The molecule has 0 aliphatic heterocycles. The highest BCUT2D eigenvalue weighted by atomic mass is 35.5. The van der Waals surface area contributed by atoms with E-state index in [2.05, 4.69) is 15.4 Å². The van der Waals surface area contributed by atoms with Gasteiger partial charge in [-0.15, -0.1) is 17.5 Å². The lowest BCUT2D eigenvalue weighted by Gasteiger charge is -2.45. The number of benzene rings is 1. The van der Waals surface area contributed by atoms with Gasteiger partial charge in [0.2, 0.25) is 5.82 Å². The third-order valence-corrected chi connectivity index (χ3v) is 6.85. The Balaban J connectivity index is 0.00000205. The quantitative estimate of drug-likeness (QED) is 0.762. The Hall–Kier alpha value is -1.63. The lowest BCUT2D eigenvalue weighted by Crippen LogP contribution is -2.53. The summed E-state index contributed by atoms with van der Waals surface area (Å²) in [5.74, 6) is 2.21. The number of rotatable bonds is 4. The lowest BCUT2D eigenvalue weighted by atomic mass is 9.67. The van der Waals surface area contributed by atoms with Crippen LogP contribution in [0.25, 0.3) is 5.69 Å². The minimum atomic E-state index is -0.176. The zero-order chi connectivity index (χ0) is 19.3. The van der Waals surface area contributed by atoms with Crippen LogP contribution in [0.2, 0.25) is 5.02 Å². The van der Waals surface area contributed by atoms with Crippen molar-refractivity contribution in [3.8, 4) is 5.69 Å². The number of amides is 1. The van der Waals surface area contributed by atoms with Crippen LogP contribution in [0.15, 0.2) is 24.3 Å². The molecule has 3 N–H and O–H groups in total. The molecule has 1 amide bonds. The number of hydrogen-bond acceptors (Lipinski definition) is 4. The minimum absolute atomic E-state index is 0. The highest BCUT2D eigenvalue weighted by Gasteiger charge is 2.40. The van der Waals surface area contributed by atoms with Crippen molar-refractivity contribution in [3.63, 3.8) is 0 Å². The summed E-state index contributed by atoms with van der Waals surface area (Å²) in [7, 11) is 0. The first-order valence-electron chi connectivity index (χ1n) is 10.4. The van der Waals surface area contributed by atoms with Gasteiger partial charge < -0.3 is 11.1 Å². The number of fused-ring (bicyclic) bond motifs is 2. The topological polar surface area (TPSA) is 85.8 Å². The molecule has 0 saturated heterocycles. The molecule has 1 aromatic heterocycles. The van der Waals surface area contributed by atoms with Gasteiger partial charge in [-0.3, -0.25) is 4.79 Å². The van der Waals surface area contributed by atoms with Crippen LogP contribution in [0.3, 0.4) is 0 Å². The van der Waals surface area contributed by atoms with Gasteiger partial charge in [0.25, 0.3) is 5.91 Å². The Morgan fingerprint density at radius 1 is 1.14 bits per heavy atom. The summed E-state index contributed by atoms with van der Waals surface area (Å²) >= 11 is 6.38. The fourth-order valence-electron chi connectivity index (χ4n) is 5.07. The van der Waals surface area contributed by atoms with Crippen molar-refractivity contribution in [1.29, 1.82) is 0 Å². The molecule has 5 rings (SSSR count). The third-order valence-electron chi connectivity index (χ3n) is 6.53. The molecule has 0 spiro atoms. The van der Waals surface area contributed by atoms with E-state index >= 15 is 0 Å². The molecule has 2 unspecified atom stereocenters. The van der Waals surface area contributed by atoms with Crippen LogP contribution >= 0.6 is 24.0 Å². The van der Waals surface area contributed by atoms with Crippen molar-refractivity contribution in [3.05, 3.63) is 40.9 Å². The third kappa shape index (κ3) is 4.03. The normalized spacial score (nSPS) is 28.5. The van der Waals surface area contributed by atoms with Crippen molar-refractivity contribution in [2.75, 3.05) is 0 Å². The number of nitrogens with two attached hydrogens (primary N) is 1. The van der Waals surface area contributed by atoms with Gasteiger partial charge in [0, 0.05) is 18.0 Å². The van der Waals surface area contributed by atoms with Gasteiger partial charge >= 0.3 is 0 Å². The maximum absolute atomic E-state index is 13.0. The van der Waals surface area contributed by atoms with Crippen LogP contribution in [0.1, 0.15) is 67.3 Å². The number of hydrogen-bond donors (Lipinski definition) is 2. The summed E-state index contributed by atoms with van der Waals surface area (Å²) in [4.78, 5) is 17.7. The van der Waals surface area contributed by atoms with Crippen LogP contribution < -0.4 is 11.1 Å². The average molecular weight is 436 g/mol. The van der Waals surface area contributed by atoms with E-state index in [1.54, 1.807) is 4.68 Å². The molecule has 1 heterocycles. The van der Waals surface area contributed by atoms with E-state index in [9.17, 15) is 4.79 Å². The molecular weight excluding hydrogens is 409 g/mol. The van der Waals surface area contributed by atoms with Crippen molar-refractivity contribution >= 4 is 29.9 Å². The molecule has 2 bridgehead atoms. The van der Waals surface area contributed by atoms with Crippen LogP contribution in [0.4, 0.5) is 0 Å². The number of carbonyl (C=O) groups excluding carboxylic acids is 1. The van der Waals surface area contributed by atoms with Crippen LogP contribution in [-0.4, -0.2) is 32.8 Å². The van der Waals surface area contributed by atoms with E-state index in [0.29, 0.717) is 22.8 Å². The monoisotopic (exact) mass is 435 g/mol. The number of aromatic nitrogens is 3. The molecule has 3 fully saturated rings. The van der Waals surface area contributed by atoms with Gasteiger partial charge in [-0.25, -0.2) is 9.67 Å². The maximum atomic E-state index is 13.0. The zero-order valence-corrected chi connectivity index (χ0v) is 17.8. The van der Waals surface area contributed by atoms with Crippen molar-refractivity contribution in [2.24, 2.45) is 17.6 Å². The molecule has 3 saturated carbocycles. The smallest absolute Gasteiger partial charge is 0.291 e.